The van der Waals surface area contributed by atoms with Crippen LogP contribution in [0.4, 0.5) is 0 Å². The number of rotatable bonds is 6. The second-order valence-electron chi connectivity index (χ2n) is 6.28. The first kappa shape index (κ1) is 24.4. The van der Waals surface area contributed by atoms with E-state index in [1.165, 1.54) is 18.2 Å². The van der Waals surface area contributed by atoms with Crippen LogP contribution in [0.2, 0.25) is 0 Å². The summed E-state index contributed by atoms with van der Waals surface area (Å²) in [5.41, 5.74) is 1.72. The van der Waals surface area contributed by atoms with Gasteiger partial charge in [0.25, 0.3) is 0 Å². The Bertz CT molecular complexity index is 1120. The fourth-order valence-electron chi connectivity index (χ4n) is 2.47. The molecule has 0 amide bonds. The summed E-state index contributed by atoms with van der Waals surface area (Å²) >= 11 is 0. The normalized spacial score (nSPS) is 9.58. The number of hydrogen-bond donors (Lipinski definition) is 3. The molecule has 8 heteroatoms. The van der Waals surface area contributed by atoms with E-state index in [4.69, 9.17) is 24.8 Å². The number of ether oxygens (including phenoxy) is 2. The van der Waals surface area contributed by atoms with Gasteiger partial charge in [-0.15, -0.1) is 0 Å². The lowest BCUT2D eigenvalue weighted by molar-refractivity contribution is -0.131. The molecule has 0 aliphatic carbocycles. The van der Waals surface area contributed by atoms with E-state index in [2.05, 4.69) is 13.2 Å². The molecule has 33 heavy (non-hydrogen) atoms. The molecule has 3 aromatic carbocycles. The van der Waals surface area contributed by atoms with Crippen molar-refractivity contribution in [3.05, 3.63) is 97.6 Å². The van der Waals surface area contributed by atoms with E-state index < -0.39 is 17.9 Å². The smallest absolute Gasteiger partial charge is 0.339 e. The van der Waals surface area contributed by atoms with Crippen LogP contribution >= 0.6 is 0 Å². The summed E-state index contributed by atoms with van der Waals surface area (Å²) in [6.45, 7) is 6.40. The molecule has 8 nitrogen and oxygen atoms in total. The van der Waals surface area contributed by atoms with Gasteiger partial charge in [0.05, 0.1) is 0 Å². The molecule has 0 saturated carbocycles. The topological polar surface area (TPSA) is 130 Å². The quantitative estimate of drug-likeness (QED) is 0.289. The summed E-state index contributed by atoms with van der Waals surface area (Å²) < 4.78 is 9.58. The minimum absolute atomic E-state index is 0.194. The van der Waals surface area contributed by atoms with Gasteiger partial charge >= 0.3 is 17.9 Å². The molecule has 3 aromatic rings. The Morgan fingerprint density at radius 1 is 0.697 bits per heavy atom. The van der Waals surface area contributed by atoms with Crippen molar-refractivity contribution in [2.45, 2.75) is 0 Å². The summed E-state index contributed by atoms with van der Waals surface area (Å²) in [6.07, 6.45) is 1.75. The summed E-state index contributed by atoms with van der Waals surface area (Å²) in [5.74, 6) is -3.05. The first-order valence-electron chi connectivity index (χ1n) is 9.38. The van der Waals surface area contributed by atoms with Crippen LogP contribution < -0.4 is 9.47 Å². The van der Waals surface area contributed by atoms with Gasteiger partial charge in [-0.25, -0.2) is 14.4 Å². The Kier molecular flexibility index (Phi) is 8.52. The van der Waals surface area contributed by atoms with Gasteiger partial charge in [0.15, 0.2) is 11.5 Å². The van der Waals surface area contributed by atoms with Gasteiger partial charge in [-0.05, 0) is 47.5 Å². The maximum atomic E-state index is 11.2. The van der Waals surface area contributed by atoms with Gasteiger partial charge in [0.1, 0.15) is 17.1 Å². The molecular formula is C25H20O8. The summed E-state index contributed by atoms with van der Waals surface area (Å²) in [4.78, 5) is 33.3. The van der Waals surface area contributed by atoms with Gasteiger partial charge in [0.2, 0.25) is 0 Å². The second kappa shape index (κ2) is 11.5. The van der Waals surface area contributed by atoms with Crippen LogP contribution in [0.3, 0.4) is 0 Å². The molecule has 0 bridgehead atoms. The highest BCUT2D eigenvalue weighted by Gasteiger charge is 2.20. The third-order valence-electron chi connectivity index (χ3n) is 4.02. The molecule has 0 spiro atoms. The van der Waals surface area contributed by atoms with E-state index in [0.29, 0.717) is 0 Å². The first-order chi connectivity index (χ1) is 15.7. The molecule has 0 heterocycles. The van der Waals surface area contributed by atoms with E-state index in [9.17, 15) is 14.4 Å². The van der Waals surface area contributed by atoms with Crippen LogP contribution in [-0.4, -0.2) is 33.2 Å². The van der Waals surface area contributed by atoms with Crippen LogP contribution in [0.25, 0.3) is 11.1 Å². The maximum Gasteiger partial charge on any atom is 0.339 e. The van der Waals surface area contributed by atoms with Gasteiger partial charge < -0.3 is 24.8 Å². The minimum Gasteiger partial charge on any atom is -0.508 e. The molecule has 168 valence electrons. The van der Waals surface area contributed by atoms with E-state index >= 15 is 0 Å². The summed E-state index contributed by atoms with van der Waals surface area (Å²) in [7, 11) is 0. The zero-order valence-electron chi connectivity index (χ0n) is 17.3. The largest absolute Gasteiger partial charge is 0.508 e. The van der Waals surface area contributed by atoms with Crippen molar-refractivity contribution < 1.29 is 39.2 Å². The molecule has 3 N–H and O–H groups in total. The third-order valence-corrected chi connectivity index (χ3v) is 4.02. The Morgan fingerprint density at radius 2 is 1.15 bits per heavy atom. The lowest BCUT2D eigenvalue weighted by Crippen LogP contribution is -2.12. The molecule has 0 saturated heterocycles. The van der Waals surface area contributed by atoms with E-state index in [1.54, 1.807) is 24.3 Å². The molecule has 0 aliphatic heterocycles. The van der Waals surface area contributed by atoms with E-state index in [-0.39, 0.29) is 28.6 Å². The molecular weight excluding hydrogens is 428 g/mol. The first-order valence-corrected chi connectivity index (χ1v) is 9.38. The molecule has 0 unspecified atom stereocenters. The Morgan fingerprint density at radius 3 is 1.58 bits per heavy atom. The lowest BCUT2D eigenvalue weighted by atomic mass is 10.1. The number of carboxylic acids is 1. The van der Waals surface area contributed by atoms with Crippen molar-refractivity contribution in [3.8, 4) is 34.1 Å². The Hall–Kier alpha value is -4.85. The minimum atomic E-state index is -1.33. The van der Waals surface area contributed by atoms with Crippen molar-refractivity contribution in [1.29, 1.82) is 0 Å². The lowest BCUT2D eigenvalue weighted by Gasteiger charge is -2.10. The standard InChI is InChI=1S/C13H10O6.C12H10O2/c1-3-10(14)18-9-7-5-6-8(13(16)17)12(9)19-11(15)4-2;13-11-5-1-9(2-6-11)10-3-7-12(14)8-4-10/h3-7H,1-2H2,(H,16,17);1-8,13-14H. The van der Waals surface area contributed by atoms with Crippen LogP contribution in [0.15, 0.2) is 92.0 Å². The zero-order chi connectivity index (χ0) is 24.4. The van der Waals surface area contributed by atoms with Crippen LogP contribution in [0.1, 0.15) is 10.4 Å². The zero-order valence-corrected chi connectivity index (χ0v) is 17.3. The third kappa shape index (κ3) is 7.11. The molecule has 0 fully saturated rings. The number of benzene rings is 3. The highest BCUT2D eigenvalue weighted by atomic mass is 16.6. The predicted molar refractivity (Wildman–Crippen MR) is 120 cm³/mol. The number of esters is 2. The number of phenols is 2. The number of hydrogen-bond acceptors (Lipinski definition) is 7. The molecule has 3 rings (SSSR count). The monoisotopic (exact) mass is 448 g/mol. The number of phenolic OH excluding ortho intramolecular Hbond substituents is 2. The van der Waals surface area contributed by atoms with Crippen LogP contribution in [0.5, 0.6) is 23.0 Å². The van der Waals surface area contributed by atoms with Crippen molar-refractivity contribution >= 4 is 17.9 Å². The number of carbonyl (C=O) groups excluding carboxylic acids is 2. The highest BCUT2D eigenvalue weighted by Crippen LogP contribution is 2.32. The summed E-state index contributed by atoms with van der Waals surface area (Å²) in [6, 6.07) is 17.8. The maximum absolute atomic E-state index is 11.2. The van der Waals surface area contributed by atoms with Crippen molar-refractivity contribution in [2.75, 3.05) is 0 Å². The van der Waals surface area contributed by atoms with Gasteiger partial charge in [-0.3, -0.25) is 0 Å². The SMILES string of the molecule is C=CC(=O)Oc1cccc(C(=O)O)c1OC(=O)C=C.Oc1ccc(-c2ccc(O)cc2)cc1. The average Bonchev–Trinajstić information content (AvgIpc) is 2.81. The fourth-order valence-corrected chi connectivity index (χ4v) is 2.47. The van der Waals surface area contributed by atoms with Crippen molar-refractivity contribution in [1.82, 2.24) is 0 Å². The number of aromatic carboxylic acids is 1. The Balaban J connectivity index is 0.000000243. The predicted octanol–water partition coefficient (Wildman–Crippen LogP) is 4.33. The average molecular weight is 448 g/mol. The fraction of sp³-hybridized carbons (Fsp3) is 0. The molecule has 0 radical (unpaired) electrons. The van der Waals surface area contributed by atoms with Crippen LogP contribution in [-0.2, 0) is 9.59 Å². The van der Waals surface area contributed by atoms with E-state index in [1.807, 2.05) is 24.3 Å². The van der Waals surface area contributed by atoms with Crippen molar-refractivity contribution in [2.24, 2.45) is 0 Å². The molecule has 0 aromatic heterocycles. The molecule has 0 atom stereocenters. The number of para-hydroxylation sites is 1. The van der Waals surface area contributed by atoms with Crippen LogP contribution in [0, 0.1) is 0 Å². The van der Waals surface area contributed by atoms with Crippen molar-refractivity contribution in [3.63, 3.8) is 0 Å². The van der Waals surface area contributed by atoms with E-state index in [0.717, 1.165) is 23.3 Å². The number of carboxylic acid groups (broad SMARTS) is 1. The Labute approximate surface area is 189 Å². The number of aromatic hydroxyl groups is 2. The van der Waals surface area contributed by atoms with Gasteiger partial charge in [0, 0.05) is 12.2 Å². The number of carbonyl (C=O) groups is 3. The second-order valence-corrected chi connectivity index (χ2v) is 6.28. The van der Waals surface area contributed by atoms with Gasteiger partial charge in [-0.1, -0.05) is 43.5 Å². The highest BCUT2D eigenvalue weighted by molar-refractivity contribution is 5.95. The summed E-state index contributed by atoms with van der Waals surface area (Å²) in [5, 5.41) is 27.2. The molecule has 0 aliphatic rings. The van der Waals surface area contributed by atoms with Gasteiger partial charge in [-0.2, -0.15) is 0 Å².